The van der Waals surface area contributed by atoms with E-state index in [-0.39, 0.29) is 11.7 Å². The van der Waals surface area contributed by atoms with E-state index in [9.17, 15) is 8.42 Å². The molecule has 1 unspecified atom stereocenters. The van der Waals surface area contributed by atoms with Crippen LogP contribution in [-0.2, 0) is 10.0 Å². The fraction of sp³-hybridized carbons (Fsp3) is 0.500. The number of piperidine rings is 1. The predicted molar refractivity (Wildman–Crippen MR) is 84.8 cm³/mol. The maximum Gasteiger partial charge on any atom is 0.233 e. The summed E-state index contributed by atoms with van der Waals surface area (Å²) in [6, 6.07) is 5.41. The minimum Gasteiger partial charge on any atom is -0.316 e. The van der Waals surface area contributed by atoms with Crippen LogP contribution < -0.4 is 10.0 Å². The van der Waals surface area contributed by atoms with E-state index in [0.717, 1.165) is 34.9 Å². The third-order valence-electron chi connectivity index (χ3n) is 3.05. The Bertz CT molecular complexity index is 543. The smallest absolute Gasteiger partial charge is 0.233 e. The Morgan fingerprint density at radius 2 is 2.16 bits per heavy atom. The van der Waals surface area contributed by atoms with Gasteiger partial charge in [0, 0.05) is 8.95 Å². The lowest BCUT2D eigenvalue weighted by atomic mass is 10.0. The molecule has 1 aromatic carbocycles. The molecule has 0 spiro atoms. The second kappa shape index (κ2) is 6.56. The summed E-state index contributed by atoms with van der Waals surface area (Å²) in [7, 11) is -3.31. The first-order valence-corrected chi connectivity index (χ1v) is 9.36. The van der Waals surface area contributed by atoms with Gasteiger partial charge in [-0.1, -0.05) is 15.9 Å². The summed E-state index contributed by atoms with van der Waals surface area (Å²) in [6.45, 7) is 1.77. The predicted octanol–water partition coefficient (Wildman–Crippen LogP) is 2.95. The molecule has 0 aliphatic carbocycles. The molecule has 19 heavy (non-hydrogen) atoms. The molecule has 4 nitrogen and oxygen atoms in total. The molecule has 1 heterocycles. The van der Waals surface area contributed by atoms with Gasteiger partial charge in [-0.3, -0.25) is 4.72 Å². The second-order valence-electron chi connectivity index (χ2n) is 4.72. The van der Waals surface area contributed by atoms with E-state index >= 15 is 0 Å². The summed E-state index contributed by atoms with van der Waals surface area (Å²) < 4.78 is 28.5. The highest BCUT2D eigenvalue weighted by molar-refractivity contribution is 9.11. The van der Waals surface area contributed by atoms with Crippen molar-refractivity contribution in [2.75, 3.05) is 23.6 Å². The molecule has 2 N–H and O–H groups in total. The Labute approximate surface area is 130 Å². The summed E-state index contributed by atoms with van der Waals surface area (Å²) >= 11 is 6.68. The van der Waals surface area contributed by atoms with Crippen molar-refractivity contribution in [3.8, 4) is 0 Å². The van der Waals surface area contributed by atoms with Crippen LogP contribution in [0.2, 0.25) is 0 Å². The lowest BCUT2D eigenvalue weighted by molar-refractivity contribution is 0.404. The zero-order chi connectivity index (χ0) is 13.9. The highest BCUT2D eigenvalue weighted by Crippen LogP contribution is 2.27. The van der Waals surface area contributed by atoms with Gasteiger partial charge >= 0.3 is 0 Å². The van der Waals surface area contributed by atoms with Crippen molar-refractivity contribution in [1.82, 2.24) is 5.32 Å². The van der Waals surface area contributed by atoms with Crippen LogP contribution >= 0.6 is 31.9 Å². The molecule has 1 fully saturated rings. The summed E-state index contributed by atoms with van der Waals surface area (Å²) in [4.78, 5) is 0. The van der Waals surface area contributed by atoms with Crippen LogP contribution in [0.25, 0.3) is 0 Å². The maximum atomic E-state index is 12.2. The largest absolute Gasteiger partial charge is 0.316 e. The van der Waals surface area contributed by atoms with Gasteiger partial charge in [0.1, 0.15) is 0 Å². The van der Waals surface area contributed by atoms with E-state index in [1.54, 1.807) is 6.07 Å². The molecule has 1 aliphatic heterocycles. The standard InChI is InChI=1S/C12H16Br2N2O2S/c13-10-3-4-11(14)12(6-10)16-19(17,18)8-9-2-1-5-15-7-9/h3-4,6,9,15-16H,1-2,5,7-8H2. The first kappa shape index (κ1) is 15.3. The van der Waals surface area contributed by atoms with E-state index < -0.39 is 10.0 Å². The van der Waals surface area contributed by atoms with Gasteiger partial charge in [0.2, 0.25) is 10.0 Å². The number of rotatable bonds is 4. The molecule has 0 aromatic heterocycles. The number of halogens is 2. The van der Waals surface area contributed by atoms with Crippen LogP contribution in [0.3, 0.4) is 0 Å². The van der Waals surface area contributed by atoms with Gasteiger partial charge in [0.15, 0.2) is 0 Å². The maximum absolute atomic E-state index is 12.2. The Morgan fingerprint density at radius 1 is 1.37 bits per heavy atom. The van der Waals surface area contributed by atoms with Gasteiger partial charge in [-0.15, -0.1) is 0 Å². The highest BCUT2D eigenvalue weighted by Gasteiger charge is 2.21. The van der Waals surface area contributed by atoms with E-state index in [1.807, 2.05) is 12.1 Å². The monoisotopic (exact) mass is 410 g/mol. The Morgan fingerprint density at radius 3 is 2.84 bits per heavy atom. The molecular formula is C12H16Br2N2O2S. The van der Waals surface area contributed by atoms with Crippen LogP contribution in [0.15, 0.2) is 27.1 Å². The summed E-state index contributed by atoms with van der Waals surface area (Å²) in [5.41, 5.74) is 0.568. The quantitative estimate of drug-likeness (QED) is 0.800. The number of benzene rings is 1. The fourth-order valence-electron chi connectivity index (χ4n) is 2.16. The van der Waals surface area contributed by atoms with Crippen molar-refractivity contribution in [2.45, 2.75) is 12.8 Å². The Balaban J connectivity index is 2.05. The molecule has 0 radical (unpaired) electrons. The molecule has 0 saturated carbocycles. The van der Waals surface area contributed by atoms with Crippen LogP contribution in [0.1, 0.15) is 12.8 Å². The van der Waals surface area contributed by atoms with E-state index in [2.05, 4.69) is 41.9 Å². The molecule has 2 rings (SSSR count). The molecule has 1 atom stereocenters. The van der Waals surface area contributed by atoms with Gasteiger partial charge in [0.25, 0.3) is 0 Å². The number of anilines is 1. The Kier molecular flexibility index (Phi) is 5.28. The van der Waals surface area contributed by atoms with Crippen LogP contribution in [0, 0.1) is 5.92 Å². The summed E-state index contributed by atoms with van der Waals surface area (Å²) in [5.74, 6) is 0.357. The van der Waals surface area contributed by atoms with Crippen molar-refractivity contribution in [3.05, 3.63) is 27.1 Å². The van der Waals surface area contributed by atoms with Crippen molar-refractivity contribution < 1.29 is 8.42 Å². The topological polar surface area (TPSA) is 58.2 Å². The zero-order valence-electron chi connectivity index (χ0n) is 10.3. The molecule has 7 heteroatoms. The highest BCUT2D eigenvalue weighted by atomic mass is 79.9. The van der Waals surface area contributed by atoms with Crippen molar-refractivity contribution >= 4 is 47.6 Å². The molecule has 0 amide bonds. The first-order chi connectivity index (χ1) is 8.96. The molecule has 1 aromatic rings. The second-order valence-corrected chi connectivity index (χ2v) is 8.26. The third-order valence-corrected chi connectivity index (χ3v) is 5.67. The first-order valence-electron chi connectivity index (χ1n) is 6.12. The molecule has 1 aliphatic rings. The molecule has 0 bridgehead atoms. The number of sulfonamides is 1. The van der Waals surface area contributed by atoms with E-state index in [1.165, 1.54) is 0 Å². The minimum atomic E-state index is -3.31. The zero-order valence-corrected chi connectivity index (χ0v) is 14.3. The van der Waals surface area contributed by atoms with Gasteiger partial charge in [-0.25, -0.2) is 8.42 Å². The van der Waals surface area contributed by atoms with Crippen LogP contribution in [-0.4, -0.2) is 27.3 Å². The molecular weight excluding hydrogens is 396 g/mol. The summed E-state index contributed by atoms with van der Waals surface area (Å²) in [5, 5.41) is 3.23. The summed E-state index contributed by atoms with van der Waals surface area (Å²) in [6.07, 6.45) is 2.01. The van der Waals surface area contributed by atoms with Gasteiger partial charge < -0.3 is 5.32 Å². The Hall–Kier alpha value is -0.110. The van der Waals surface area contributed by atoms with Crippen LogP contribution in [0.5, 0.6) is 0 Å². The number of hydrogen-bond donors (Lipinski definition) is 2. The van der Waals surface area contributed by atoms with Gasteiger partial charge in [-0.05, 0) is 66.0 Å². The lowest BCUT2D eigenvalue weighted by Gasteiger charge is -2.22. The minimum absolute atomic E-state index is 0.166. The van der Waals surface area contributed by atoms with Crippen LogP contribution in [0.4, 0.5) is 5.69 Å². The van der Waals surface area contributed by atoms with Crippen molar-refractivity contribution in [1.29, 1.82) is 0 Å². The lowest BCUT2D eigenvalue weighted by Crippen LogP contribution is -2.35. The number of nitrogens with one attached hydrogen (secondary N) is 2. The third kappa shape index (κ3) is 4.73. The van der Waals surface area contributed by atoms with Gasteiger partial charge in [-0.2, -0.15) is 0 Å². The van der Waals surface area contributed by atoms with Crippen molar-refractivity contribution in [2.24, 2.45) is 5.92 Å². The fourth-order valence-corrected chi connectivity index (χ4v) is 4.49. The van der Waals surface area contributed by atoms with E-state index in [4.69, 9.17) is 0 Å². The number of hydrogen-bond acceptors (Lipinski definition) is 3. The van der Waals surface area contributed by atoms with Crippen molar-refractivity contribution in [3.63, 3.8) is 0 Å². The normalized spacial score (nSPS) is 20.2. The van der Waals surface area contributed by atoms with E-state index in [0.29, 0.717) is 5.69 Å². The molecule has 106 valence electrons. The average molecular weight is 412 g/mol. The van der Waals surface area contributed by atoms with Gasteiger partial charge in [0.05, 0.1) is 11.4 Å². The molecule has 1 saturated heterocycles. The SMILES string of the molecule is O=S(=O)(CC1CCCNC1)Nc1cc(Br)ccc1Br. The average Bonchev–Trinajstić information content (AvgIpc) is 2.34.